The van der Waals surface area contributed by atoms with E-state index in [4.69, 9.17) is 11.6 Å². The van der Waals surface area contributed by atoms with Gasteiger partial charge in [0.2, 0.25) is 10.0 Å². The zero-order valence-electron chi connectivity index (χ0n) is 11.7. The highest BCUT2D eigenvalue weighted by atomic mass is 79.9. The van der Waals surface area contributed by atoms with Crippen LogP contribution in [0.15, 0.2) is 21.5 Å². The molecule has 0 N–H and O–H groups in total. The van der Waals surface area contributed by atoms with Gasteiger partial charge in [-0.05, 0) is 58.8 Å². The zero-order valence-corrected chi connectivity index (χ0v) is 14.9. The summed E-state index contributed by atoms with van der Waals surface area (Å²) in [4.78, 5) is 0.335. The lowest BCUT2D eigenvalue weighted by atomic mass is 10.0. The molecule has 6 heteroatoms. The molecule has 0 aliphatic carbocycles. The molecule has 3 nitrogen and oxygen atoms in total. The number of sulfonamides is 1. The summed E-state index contributed by atoms with van der Waals surface area (Å²) in [6.45, 7) is 5.18. The average molecular weight is 381 g/mol. The van der Waals surface area contributed by atoms with E-state index in [1.807, 2.05) is 13.0 Å². The lowest BCUT2D eigenvalue weighted by Gasteiger charge is -2.30. The molecule has 1 unspecified atom stereocenters. The molecule has 2 rings (SSSR count). The summed E-state index contributed by atoms with van der Waals surface area (Å²) in [5.74, 6) is 0.724. The summed E-state index contributed by atoms with van der Waals surface area (Å²) in [6, 6.07) is 3.59. The SMILES string of the molecule is Cc1cc(CCl)cc(S(=O)(=O)N2CCCC(C)C2)c1Br. The summed E-state index contributed by atoms with van der Waals surface area (Å²) >= 11 is 9.27. The summed E-state index contributed by atoms with van der Waals surface area (Å²) in [5, 5.41) is 0. The molecule has 1 heterocycles. The van der Waals surface area contributed by atoms with Gasteiger partial charge < -0.3 is 0 Å². The molecule has 1 aromatic carbocycles. The quantitative estimate of drug-likeness (QED) is 0.745. The van der Waals surface area contributed by atoms with Crippen LogP contribution in [-0.4, -0.2) is 25.8 Å². The summed E-state index contributed by atoms with van der Waals surface area (Å²) < 4.78 is 27.9. The van der Waals surface area contributed by atoms with E-state index in [1.54, 1.807) is 10.4 Å². The number of benzene rings is 1. The number of piperidine rings is 1. The standard InChI is InChI=1S/C14H19BrClNO2S/c1-10-4-3-5-17(9-10)20(18,19)13-7-12(8-16)6-11(2)14(13)15/h6-7,10H,3-5,8-9H2,1-2H3. The van der Waals surface area contributed by atoms with Crippen LogP contribution in [-0.2, 0) is 15.9 Å². The van der Waals surface area contributed by atoms with Crippen LogP contribution in [0.1, 0.15) is 30.9 Å². The highest BCUT2D eigenvalue weighted by Gasteiger charge is 2.30. The predicted molar refractivity (Wildman–Crippen MR) is 85.6 cm³/mol. The minimum absolute atomic E-state index is 0.313. The molecule has 0 bridgehead atoms. The second-order valence-electron chi connectivity index (χ2n) is 5.47. The molecular formula is C14H19BrClNO2S. The third-order valence-corrected chi connectivity index (χ3v) is 7.19. The van der Waals surface area contributed by atoms with Gasteiger partial charge in [-0.25, -0.2) is 8.42 Å². The van der Waals surface area contributed by atoms with Crippen molar-refractivity contribution in [3.05, 3.63) is 27.7 Å². The van der Waals surface area contributed by atoms with Crippen molar-refractivity contribution in [2.45, 2.75) is 37.5 Å². The van der Waals surface area contributed by atoms with E-state index in [-0.39, 0.29) is 0 Å². The normalized spacial score (nSPS) is 21.1. The molecule has 0 saturated carbocycles. The van der Waals surface area contributed by atoms with E-state index >= 15 is 0 Å². The smallest absolute Gasteiger partial charge is 0.207 e. The molecule has 20 heavy (non-hydrogen) atoms. The Morgan fingerprint density at radius 1 is 1.45 bits per heavy atom. The summed E-state index contributed by atoms with van der Waals surface area (Å²) in [7, 11) is -3.45. The van der Waals surface area contributed by atoms with Gasteiger partial charge in [0, 0.05) is 23.4 Å². The largest absolute Gasteiger partial charge is 0.244 e. The van der Waals surface area contributed by atoms with Crippen molar-refractivity contribution >= 4 is 37.6 Å². The monoisotopic (exact) mass is 379 g/mol. The highest BCUT2D eigenvalue weighted by Crippen LogP contribution is 2.32. The van der Waals surface area contributed by atoms with E-state index in [0.717, 1.165) is 24.0 Å². The number of halogens is 2. The van der Waals surface area contributed by atoms with E-state index in [2.05, 4.69) is 22.9 Å². The van der Waals surface area contributed by atoms with E-state index in [0.29, 0.717) is 34.3 Å². The summed E-state index contributed by atoms with van der Waals surface area (Å²) in [6.07, 6.45) is 2.01. The summed E-state index contributed by atoms with van der Waals surface area (Å²) in [5.41, 5.74) is 1.72. The first-order valence-electron chi connectivity index (χ1n) is 6.71. The van der Waals surface area contributed by atoms with Crippen LogP contribution in [0, 0.1) is 12.8 Å². The van der Waals surface area contributed by atoms with Gasteiger partial charge in [0.1, 0.15) is 0 Å². The maximum atomic E-state index is 12.8. The van der Waals surface area contributed by atoms with E-state index in [1.165, 1.54) is 0 Å². The molecule has 0 spiro atoms. The number of aryl methyl sites for hydroxylation is 1. The Labute approximate surface area is 134 Å². The van der Waals surface area contributed by atoms with Crippen molar-refractivity contribution in [3.8, 4) is 0 Å². The van der Waals surface area contributed by atoms with Gasteiger partial charge in [0.15, 0.2) is 0 Å². The number of hydrogen-bond acceptors (Lipinski definition) is 2. The van der Waals surface area contributed by atoms with Gasteiger partial charge in [-0.1, -0.05) is 13.0 Å². The fourth-order valence-electron chi connectivity index (χ4n) is 2.58. The topological polar surface area (TPSA) is 37.4 Å². The van der Waals surface area contributed by atoms with Gasteiger partial charge >= 0.3 is 0 Å². The Hall–Kier alpha value is -0.100. The first-order valence-corrected chi connectivity index (χ1v) is 9.48. The van der Waals surface area contributed by atoms with Gasteiger partial charge in [-0.15, -0.1) is 11.6 Å². The second kappa shape index (κ2) is 6.34. The first-order chi connectivity index (χ1) is 9.36. The Bertz CT molecular complexity index is 603. The lowest BCUT2D eigenvalue weighted by Crippen LogP contribution is -2.39. The van der Waals surface area contributed by atoms with Gasteiger partial charge in [0.25, 0.3) is 0 Å². The Morgan fingerprint density at radius 2 is 2.15 bits per heavy atom. The predicted octanol–water partition coefficient (Wildman–Crippen LogP) is 3.92. The van der Waals surface area contributed by atoms with Gasteiger partial charge in [-0.3, -0.25) is 0 Å². The molecule has 1 aliphatic rings. The van der Waals surface area contributed by atoms with Crippen LogP contribution < -0.4 is 0 Å². The molecule has 1 aromatic rings. The fraction of sp³-hybridized carbons (Fsp3) is 0.571. The zero-order chi connectivity index (χ0) is 14.9. The maximum Gasteiger partial charge on any atom is 0.244 e. The van der Waals surface area contributed by atoms with Crippen LogP contribution in [0.2, 0.25) is 0 Å². The molecule has 0 aromatic heterocycles. The third-order valence-electron chi connectivity index (χ3n) is 3.67. The molecule has 1 saturated heterocycles. The minimum Gasteiger partial charge on any atom is -0.207 e. The van der Waals surface area contributed by atoms with Gasteiger partial charge in [-0.2, -0.15) is 4.31 Å². The van der Waals surface area contributed by atoms with Crippen molar-refractivity contribution in [1.29, 1.82) is 0 Å². The van der Waals surface area contributed by atoms with Crippen LogP contribution in [0.5, 0.6) is 0 Å². The van der Waals surface area contributed by atoms with Crippen LogP contribution in [0.3, 0.4) is 0 Å². The van der Waals surface area contributed by atoms with E-state index < -0.39 is 10.0 Å². The number of rotatable bonds is 3. The second-order valence-corrected chi connectivity index (χ2v) is 8.44. The molecule has 1 fully saturated rings. The molecule has 1 aliphatic heterocycles. The van der Waals surface area contributed by atoms with Crippen LogP contribution in [0.25, 0.3) is 0 Å². The van der Waals surface area contributed by atoms with Crippen molar-refractivity contribution in [3.63, 3.8) is 0 Å². The molecular weight excluding hydrogens is 362 g/mol. The maximum absolute atomic E-state index is 12.8. The number of alkyl halides is 1. The van der Waals surface area contributed by atoms with Crippen molar-refractivity contribution in [2.24, 2.45) is 5.92 Å². The lowest BCUT2D eigenvalue weighted by molar-refractivity contribution is 0.281. The third kappa shape index (κ3) is 3.21. The average Bonchev–Trinajstić information content (AvgIpc) is 2.41. The Morgan fingerprint density at radius 3 is 2.75 bits per heavy atom. The Balaban J connectivity index is 2.46. The molecule has 0 amide bonds. The molecule has 112 valence electrons. The van der Waals surface area contributed by atoms with E-state index in [9.17, 15) is 8.42 Å². The number of nitrogens with zero attached hydrogens (tertiary/aromatic N) is 1. The molecule has 0 radical (unpaired) electrons. The number of hydrogen-bond donors (Lipinski definition) is 0. The minimum atomic E-state index is -3.45. The van der Waals surface area contributed by atoms with Crippen LogP contribution in [0.4, 0.5) is 0 Å². The van der Waals surface area contributed by atoms with Crippen molar-refractivity contribution in [1.82, 2.24) is 4.31 Å². The van der Waals surface area contributed by atoms with Crippen molar-refractivity contribution in [2.75, 3.05) is 13.1 Å². The molecule has 1 atom stereocenters. The fourth-order valence-corrected chi connectivity index (χ4v) is 5.36. The first kappa shape index (κ1) is 16.3. The Kier molecular flexibility index (Phi) is 5.16. The van der Waals surface area contributed by atoms with Crippen molar-refractivity contribution < 1.29 is 8.42 Å². The highest BCUT2D eigenvalue weighted by molar-refractivity contribution is 9.10. The van der Waals surface area contributed by atoms with Crippen LogP contribution >= 0.6 is 27.5 Å². The van der Waals surface area contributed by atoms with Gasteiger partial charge in [0.05, 0.1) is 4.90 Å².